The molecule has 2 atom stereocenters. The Bertz CT molecular complexity index is 545. The number of benzene rings is 2. The molecule has 3 rings (SSSR count). The van der Waals surface area contributed by atoms with E-state index >= 15 is 0 Å². The first-order chi connectivity index (χ1) is 8.75. The van der Waals surface area contributed by atoms with Crippen LogP contribution < -0.4 is 0 Å². The van der Waals surface area contributed by atoms with Crippen molar-refractivity contribution < 1.29 is 5.11 Å². The maximum absolute atomic E-state index is 10.6. The van der Waals surface area contributed by atoms with Gasteiger partial charge < -0.3 is 5.11 Å². The molecular formula is C17H18O. The fourth-order valence-electron chi connectivity index (χ4n) is 2.95. The van der Waals surface area contributed by atoms with Gasteiger partial charge >= 0.3 is 0 Å². The Morgan fingerprint density at radius 1 is 1.06 bits per heavy atom. The van der Waals surface area contributed by atoms with E-state index in [2.05, 4.69) is 37.3 Å². The van der Waals surface area contributed by atoms with Gasteiger partial charge in [0.25, 0.3) is 0 Å². The third kappa shape index (κ3) is 1.95. The lowest BCUT2D eigenvalue weighted by Crippen LogP contribution is -2.19. The van der Waals surface area contributed by atoms with E-state index in [1.165, 1.54) is 16.7 Å². The van der Waals surface area contributed by atoms with E-state index < -0.39 is 0 Å². The zero-order valence-electron chi connectivity index (χ0n) is 10.6. The minimum atomic E-state index is -0.365. The van der Waals surface area contributed by atoms with Crippen LogP contribution in [0.25, 0.3) is 0 Å². The molecule has 1 nitrogen and oxygen atoms in total. The molecule has 1 N–H and O–H groups in total. The Morgan fingerprint density at radius 3 is 2.61 bits per heavy atom. The van der Waals surface area contributed by atoms with E-state index in [1.807, 2.05) is 18.2 Å². The van der Waals surface area contributed by atoms with Gasteiger partial charge in [-0.15, -0.1) is 0 Å². The molecule has 0 saturated carbocycles. The predicted octanol–water partition coefficient (Wildman–Crippen LogP) is 3.76. The average Bonchev–Trinajstić information content (AvgIpc) is 2.41. The monoisotopic (exact) mass is 238 g/mol. The Balaban J connectivity index is 1.99. The lowest BCUT2D eigenvalue weighted by molar-refractivity contribution is 0.131. The highest BCUT2D eigenvalue weighted by molar-refractivity contribution is 5.38. The SMILES string of the molecule is Cc1ccc2c(c1)[C@H](O)[C@H](c1ccccc1)CC2. The lowest BCUT2D eigenvalue weighted by atomic mass is 9.77. The summed E-state index contributed by atoms with van der Waals surface area (Å²) in [6.45, 7) is 2.08. The van der Waals surface area contributed by atoms with E-state index in [-0.39, 0.29) is 12.0 Å². The van der Waals surface area contributed by atoms with Crippen molar-refractivity contribution in [3.8, 4) is 0 Å². The van der Waals surface area contributed by atoms with Gasteiger partial charge in [0, 0.05) is 5.92 Å². The second kappa shape index (κ2) is 4.58. The van der Waals surface area contributed by atoms with Crippen molar-refractivity contribution in [3.05, 3.63) is 70.8 Å². The molecule has 0 heterocycles. The lowest BCUT2D eigenvalue weighted by Gasteiger charge is -2.30. The van der Waals surface area contributed by atoms with Crippen molar-refractivity contribution in [1.82, 2.24) is 0 Å². The summed E-state index contributed by atoms with van der Waals surface area (Å²) >= 11 is 0. The van der Waals surface area contributed by atoms with Gasteiger partial charge in [-0.2, -0.15) is 0 Å². The van der Waals surface area contributed by atoms with Gasteiger partial charge in [-0.1, -0.05) is 54.1 Å². The molecule has 1 aliphatic carbocycles. The van der Waals surface area contributed by atoms with Crippen molar-refractivity contribution in [2.24, 2.45) is 0 Å². The summed E-state index contributed by atoms with van der Waals surface area (Å²) in [6, 6.07) is 16.8. The van der Waals surface area contributed by atoms with Gasteiger partial charge in [0.05, 0.1) is 6.10 Å². The molecule has 1 heteroatoms. The molecule has 0 aromatic heterocycles. The molecule has 1 aliphatic rings. The van der Waals surface area contributed by atoms with E-state index in [9.17, 15) is 5.11 Å². The highest BCUT2D eigenvalue weighted by Gasteiger charge is 2.28. The van der Waals surface area contributed by atoms with Crippen LogP contribution in [0.4, 0.5) is 0 Å². The van der Waals surface area contributed by atoms with E-state index in [4.69, 9.17) is 0 Å². The van der Waals surface area contributed by atoms with Crippen molar-refractivity contribution in [1.29, 1.82) is 0 Å². The number of rotatable bonds is 1. The Labute approximate surface area is 108 Å². The first kappa shape index (κ1) is 11.5. The highest BCUT2D eigenvalue weighted by Crippen LogP contribution is 2.40. The van der Waals surface area contributed by atoms with Crippen LogP contribution in [-0.4, -0.2) is 5.11 Å². The molecule has 92 valence electrons. The fourth-order valence-corrected chi connectivity index (χ4v) is 2.95. The zero-order valence-corrected chi connectivity index (χ0v) is 10.6. The molecule has 0 bridgehead atoms. The van der Waals surface area contributed by atoms with Crippen LogP contribution in [0.5, 0.6) is 0 Å². The number of hydrogen-bond acceptors (Lipinski definition) is 1. The standard InChI is InChI=1S/C17H18O/c1-12-7-8-14-9-10-15(17(18)16(14)11-12)13-5-3-2-4-6-13/h2-8,11,15,17-18H,9-10H2,1H3/t15-,17+/m0/s1. The Hall–Kier alpha value is -1.60. The second-order valence-corrected chi connectivity index (χ2v) is 5.20. The fraction of sp³-hybridized carbons (Fsp3) is 0.294. The normalized spacial score (nSPS) is 22.6. The minimum absolute atomic E-state index is 0.237. The summed E-state index contributed by atoms with van der Waals surface area (Å²) in [5.74, 6) is 0.237. The summed E-state index contributed by atoms with van der Waals surface area (Å²) in [4.78, 5) is 0. The molecule has 0 fully saturated rings. The van der Waals surface area contributed by atoms with Crippen LogP contribution in [0, 0.1) is 6.92 Å². The first-order valence-corrected chi connectivity index (χ1v) is 6.58. The van der Waals surface area contributed by atoms with Crippen molar-refractivity contribution in [2.75, 3.05) is 0 Å². The van der Waals surface area contributed by atoms with Crippen LogP contribution in [-0.2, 0) is 6.42 Å². The van der Waals surface area contributed by atoms with Gasteiger partial charge in [-0.25, -0.2) is 0 Å². The third-order valence-electron chi connectivity index (χ3n) is 3.95. The predicted molar refractivity (Wildman–Crippen MR) is 73.6 cm³/mol. The summed E-state index contributed by atoms with van der Waals surface area (Å²) < 4.78 is 0. The van der Waals surface area contributed by atoms with Crippen LogP contribution in [0.3, 0.4) is 0 Å². The molecule has 0 spiro atoms. The molecule has 2 aromatic carbocycles. The van der Waals surface area contributed by atoms with Crippen LogP contribution >= 0.6 is 0 Å². The van der Waals surface area contributed by atoms with Crippen molar-refractivity contribution in [3.63, 3.8) is 0 Å². The molecule has 18 heavy (non-hydrogen) atoms. The maximum Gasteiger partial charge on any atom is 0.0861 e. The average molecular weight is 238 g/mol. The molecular weight excluding hydrogens is 220 g/mol. The molecule has 0 unspecified atom stereocenters. The molecule has 2 aromatic rings. The van der Waals surface area contributed by atoms with E-state index in [1.54, 1.807) is 0 Å². The van der Waals surface area contributed by atoms with Crippen LogP contribution in [0.2, 0.25) is 0 Å². The largest absolute Gasteiger partial charge is 0.388 e. The number of fused-ring (bicyclic) bond motifs is 1. The highest BCUT2D eigenvalue weighted by atomic mass is 16.3. The summed E-state index contributed by atoms with van der Waals surface area (Å²) in [5, 5.41) is 10.6. The van der Waals surface area contributed by atoms with E-state index in [0.29, 0.717) is 0 Å². The topological polar surface area (TPSA) is 20.2 Å². The van der Waals surface area contributed by atoms with Gasteiger partial charge in [0.1, 0.15) is 0 Å². The third-order valence-corrected chi connectivity index (χ3v) is 3.95. The first-order valence-electron chi connectivity index (χ1n) is 6.58. The smallest absolute Gasteiger partial charge is 0.0861 e. The second-order valence-electron chi connectivity index (χ2n) is 5.20. The van der Waals surface area contributed by atoms with Crippen molar-refractivity contribution in [2.45, 2.75) is 31.8 Å². The van der Waals surface area contributed by atoms with Crippen molar-refractivity contribution >= 4 is 0 Å². The van der Waals surface area contributed by atoms with E-state index in [0.717, 1.165) is 18.4 Å². The number of aliphatic hydroxyl groups excluding tert-OH is 1. The number of aryl methyl sites for hydroxylation is 2. The van der Waals surface area contributed by atoms with Crippen LogP contribution in [0.1, 0.15) is 40.7 Å². The van der Waals surface area contributed by atoms with Gasteiger partial charge in [0.2, 0.25) is 0 Å². The quantitative estimate of drug-likeness (QED) is 0.802. The number of hydrogen-bond donors (Lipinski definition) is 1. The minimum Gasteiger partial charge on any atom is -0.388 e. The van der Waals surface area contributed by atoms with Gasteiger partial charge in [0.15, 0.2) is 0 Å². The number of aliphatic hydroxyl groups is 1. The maximum atomic E-state index is 10.6. The summed E-state index contributed by atoms with van der Waals surface area (Å²) in [7, 11) is 0. The zero-order chi connectivity index (χ0) is 12.5. The summed E-state index contributed by atoms with van der Waals surface area (Å²) in [6.07, 6.45) is 1.73. The van der Waals surface area contributed by atoms with Gasteiger partial charge in [-0.05, 0) is 36.5 Å². The molecule has 0 saturated heterocycles. The molecule has 0 aliphatic heterocycles. The van der Waals surface area contributed by atoms with Gasteiger partial charge in [-0.3, -0.25) is 0 Å². The Morgan fingerprint density at radius 2 is 1.83 bits per heavy atom. The summed E-state index contributed by atoms with van der Waals surface area (Å²) in [5.41, 5.74) is 4.90. The Kier molecular flexibility index (Phi) is 2.92. The molecule has 0 radical (unpaired) electrons. The molecule has 0 amide bonds. The van der Waals surface area contributed by atoms with Crippen LogP contribution in [0.15, 0.2) is 48.5 Å².